The third-order valence-corrected chi connectivity index (χ3v) is 5.70. The van der Waals surface area contributed by atoms with Crippen molar-refractivity contribution >= 4 is 16.5 Å². The van der Waals surface area contributed by atoms with E-state index >= 15 is 0 Å². The lowest BCUT2D eigenvalue weighted by atomic mass is 9.96. The molecular weight excluding hydrogens is 282 g/mol. The van der Waals surface area contributed by atoms with Gasteiger partial charge in [-0.05, 0) is 31.6 Å². The minimum atomic E-state index is 0.628. The lowest BCUT2D eigenvalue weighted by Crippen LogP contribution is -2.35. The Morgan fingerprint density at radius 3 is 2.95 bits per heavy atom. The molecule has 3 rings (SSSR count). The molecule has 1 aromatic heterocycles. The van der Waals surface area contributed by atoms with E-state index in [1.807, 2.05) is 11.3 Å². The molecule has 5 heteroatoms. The van der Waals surface area contributed by atoms with E-state index in [4.69, 9.17) is 9.72 Å². The highest BCUT2D eigenvalue weighted by atomic mass is 32.1. The molecule has 2 aliphatic rings. The van der Waals surface area contributed by atoms with Crippen LogP contribution in [0.15, 0.2) is 0 Å². The molecule has 0 bridgehead atoms. The number of thiazole rings is 1. The predicted molar refractivity (Wildman–Crippen MR) is 87.9 cm³/mol. The van der Waals surface area contributed by atoms with E-state index in [2.05, 4.69) is 17.1 Å². The number of aromatic nitrogens is 1. The third-order valence-electron chi connectivity index (χ3n) is 4.54. The molecule has 1 unspecified atom stereocenters. The molecule has 1 saturated carbocycles. The highest BCUT2D eigenvalue weighted by Gasteiger charge is 2.24. The van der Waals surface area contributed by atoms with Gasteiger partial charge in [0.25, 0.3) is 0 Å². The first-order chi connectivity index (χ1) is 10.3. The first-order valence-electron chi connectivity index (χ1n) is 8.26. The largest absolute Gasteiger partial charge is 0.378 e. The monoisotopic (exact) mass is 309 g/mol. The summed E-state index contributed by atoms with van der Waals surface area (Å²) in [5, 5.41) is 4.81. The van der Waals surface area contributed by atoms with E-state index in [0.29, 0.717) is 6.61 Å². The molecule has 0 radical (unpaired) electrons. The number of nitrogens with zero attached hydrogens (tertiary/aromatic N) is 2. The number of hydrogen-bond acceptors (Lipinski definition) is 5. The first kappa shape index (κ1) is 15.3. The van der Waals surface area contributed by atoms with E-state index in [9.17, 15) is 0 Å². The van der Waals surface area contributed by atoms with Crippen LogP contribution in [0.25, 0.3) is 0 Å². The van der Waals surface area contributed by atoms with Gasteiger partial charge < -0.3 is 15.0 Å². The summed E-state index contributed by atoms with van der Waals surface area (Å²) < 4.78 is 5.33. The minimum Gasteiger partial charge on any atom is -0.378 e. The molecular formula is C16H27N3OS. The van der Waals surface area contributed by atoms with Crippen molar-refractivity contribution in [3.63, 3.8) is 0 Å². The molecule has 1 N–H and O–H groups in total. The van der Waals surface area contributed by atoms with Crippen LogP contribution in [0.1, 0.15) is 49.6 Å². The maximum Gasteiger partial charge on any atom is 0.185 e. The van der Waals surface area contributed by atoms with Crippen molar-refractivity contribution in [3.05, 3.63) is 10.6 Å². The fourth-order valence-corrected chi connectivity index (χ4v) is 4.04. The third kappa shape index (κ3) is 3.96. The number of methoxy groups -OCH3 is 1. The first-order valence-corrected chi connectivity index (χ1v) is 9.07. The Morgan fingerprint density at radius 2 is 2.24 bits per heavy atom. The Balaban J connectivity index is 1.69. The Hall–Kier alpha value is -0.650. The predicted octanol–water partition coefficient (Wildman–Crippen LogP) is 3.17. The van der Waals surface area contributed by atoms with Crippen molar-refractivity contribution < 1.29 is 4.74 Å². The van der Waals surface area contributed by atoms with Crippen LogP contribution in [0.2, 0.25) is 0 Å². The van der Waals surface area contributed by atoms with Gasteiger partial charge in [0.2, 0.25) is 0 Å². The Kier molecular flexibility index (Phi) is 5.14. The van der Waals surface area contributed by atoms with Crippen LogP contribution in [0, 0.1) is 5.92 Å². The summed E-state index contributed by atoms with van der Waals surface area (Å²) in [4.78, 5) is 8.72. The van der Waals surface area contributed by atoms with Crippen molar-refractivity contribution in [2.45, 2.75) is 58.2 Å². The molecule has 0 aromatic carbocycles. The maximum atomic E-state index is 5.33. The summed E-state index contributed by atoms with van der Waals surface area (Å²) >= 11 is 1.86. The molecule has 21 heavy (non-hydrogen) atoms. The molecule has 118 valence electrons. The highest BCUT2D eigenvalue weighted by molar-refractivity contribution is 7.15. The second-order valence-electron chi connectivity index (χ2n) is 6.32. The summed E-state index contributed by atoms with van der Waals surface area (Å²) in [5.41, 5.74) is 1.13. The molecule has 1 saturated heterocycles. The van der Waals surface area contributed by atoms with Gasteiger partial charge in [-0.25, -0.2) is 4.98 Å². The summed E-state index contributed by atoms with van der Waals surface area (Å²) in [5.74, 6) is 0.835. The SMILES string of the molecule is CCC1CCCN(c2nc(COC)c(CNC3CC3)s2)C1. The molecule has 0 spiro atoms. The fourth-order valence-electron chi connectivity index (χ4n) is 2.99. The topological polar surface area (TPSA) is 37.4 Å². The van der Waals surface area contributed by atoms with E-state index in [0.717, 1.165) is 30.7 Å². The summed E-state index contributed by atoms with van der Waals surface area (Å²) in [7, 11) is 1.76. The van der Waals surface area contributed by atoms with Gasteiger partial charge in [-0.1, -0.05) is 13.3 Å². The molecule has 2 heterocycles. The van der Waals surface area contributed by atoms with Gasteiger partial charge in [-0.2, -0.15) is 0 Å². The van der Waals surface area contributed by atoms with Crippen molar-refractivity contribution in [2.24, 2.45) is 5.92 Å². The van der Waals surface area contributed by atoms with E-state index < -0.39 is 0 Å². The second kappa shape index (κ2) is 7.07. The quantitative estimate of drug-likeness (QED) is 0.839. The van der Waals surface area contributed by atoms with E-state index in [1.165, 1.54) is 48.7 Å². The fraction of sp³-hybridized carbons (Fsp3) is 0.812. The molecule has 1 aliphatic heterocycles. The van der Waals surface area contributed by atoms with Gasteiger partial charge in [-0.15, -0.1) is 11.3 Å². The van der Waals surface area contributed by atoms with Crippen LogP contribution >= 0.6 is 11.3 Å². The van der Waals surface area contributed by atoms with Crippen LogP contribution in [-0.2, 0) is 17.9 Å². The van der Waals surface area contributed by atoms with Gasteiger partial charge in [0.05, 0.1) is 12.3 Å². The van der Waals surface area contributed by atoms with Gasteiger partial charge in [0.1, 0.15) is 0 Å². The van der Waals surface area contributed by atoms with Gasteiger partial charge in [-0.3, -0.25) is 0 Å². The lowest BCUT2D eigenvalue weighted by molar-refractivity contribution is 0.181. The molecule has 1 atom stereocenters. The molecule has 1 aliphatic carbocycles. The number of hydrogen-bond donors (Lipinski definition) is 1. The summed E-state index contributed by atoms with van der Waals surface area (Å²) in [6, 6.07) is 0.741. The lowest BCUT2D eigenvalue weighted by Gasteiger charge is -2.31. The van der Waals surface area contributed by atoms with Crippen molar-refractivity contribution in [1.82, 2.24) is 10.3 Å². The molecule has 1 aromatic rings. The Labute approximate surface area is 131 Å². The van der Waals surface area contributed by atoms with Crippen LogP contribution in [0.5, 0.6) is 0 Å². The van der Waals surface area contributed by atoms with Gasteiger partial charge in [0.15, 0.2) is 5.13 Å². The maximum absolute atomic E-state index is 5.33. The van der Waals surface area contributed by atoms with Crippen LogP contribution in [0.4, 0.5) is 5.13 Å². The molecule has 4 nitrogen and oxygen atoms in total. The van der Waals surface area contributed by atoms with Crippen molar-refractivity contribution in [3.8, 4) is 0 Å². The average molecular weight is 309 g/mol. The van der Waals surface area contributed by atoms with E-state index in [1.54, 1.807) is 7.11 Å². The smallest absolute Gasteiger partial charge is 0.185 e. The highest BCUT2D eigenvalue weighted by Crippen LogP contribution is 2.31. The zero-order valence-corrected chi connectivity index (χ0v) is 14.0. The summed E-state index contributed by atoms with van der Waals surface area (Å²) in [6.07, 6.45) is 6.61. The van der Waals surface area contributed by atoms with Crippen LogP contribution in [0.3, 0.4) is 0 Å². The Bertz CT molecular complexity index is 458. The van der Waals surface area contributed by atoms with Crippen molar-refractivity contribution in [1.29, 1.82) is 0 Å². The normalized spacial score (nSPS) is 22.8. The standard InChI is InChI=1S/C16H27N3OS/c1-3-12-5-4-8-19(10-12)16-18-14(11-20-2)15(21-16)9-17-13-6-7-13/h12-13,17H,3-11H2,1-2H3. The Morgan fingerprint density at radius 1 is 1.38 bits per heavy atom. The van der Waals surface area contributed by atoms with Crippen LogP contribution < -0.4 is 10.2 Å². The molecule has 0 amide bonds. The molecule has 2 fully saturated rings. The van der Waals surface area contributed by atoms with Gasteiger partial charge >= 0.3 is 0 Å². The van der Waals surface area contributed by atoms with Crippen molar-refractivity contribution in [2.75, 3.05) is 25.1 Å². The minimum absolute atomic E-state index is 0.628. The zero-order chi connectivity index (χ0) is 14.7. The number of rotatable bonds is 7. The second-order valence-corrected chi connectivity index (χ2v) is 7.38. The number of anilines is 1. The summed E-state index contributed by atoms with van der Waals surface area (Å²) in [6.45, 7) is 6.21. The number of nitrogens with one attached hydrogen (secondary N) is 1. The zero-order valence-electron chi connectivity index (χ0n) is 13.2. The average Bonchev–Trinajstić information content (AvgIpc) is 3.26. The number of ether oxygens (including phenoxy) is 1. The van der Waals surface area contributed by atoms with Crippen LogP contribution in [-0.4, -0.2) is 31.2 Å². The number of piperidine rings is 1. The van der Waals surface area contributed by atoms with Gasteiger partial charge in [0, 0.05) is 37.7 Å². The van der Waals surface area contributed by atoms with E-state index in [-0.39, 0.29) is 0 Å².